The summed E-state index contributed by atoms with van der Waals surface area (Å²) in [6, 6.07) is 16.0. The number of ether oxygens (including phenoxy) is 2. The number of carbonyl (C=O) groups is 1. The van der Waals surface area contributed by atoms with Crippen LogP contribution in [0.1, 0.15) is 0 Å². The molecule has 1 aromatic heterocycles. The molecule has 0 saturated heterocycles. The van der Waals surface area contributed by atoms with E-state index in [2.05, 4.69) is 10.3 Å². The number of carbonyl (C=O) groups excluding carboxylic acids is 1. The van der Waals surface area contributed by atoms with Gasteiger partial charge in [0, 0.05) is 17.3 Å². The standard InChI is InChI=1S/C22H16ClN3O6/c1-30-18-8-6-13(10-15(18)23)22-25-16-11-14(7-9-19(16)32-22)24-21(27)12-31-20-5-3-2-4-17(20)26(28)29/h2-11H,12H2,1H3,(H,24,27). The normalized spacial score (nSPS) is 10.7. The number of aromatic nitrogens is 1. The number of halogens is 1. The maximum Gasteiger partial charge on any atom is 0.310 e. The third-order valence-electron chi connectivity index (χ3n) is 4.49. The molecular weight excluding hydrogens is 438 g/mol. The molecule has 1 amide bonds. The molecule has 0 saturated carbocycles. The van der Waals surface area contributed by atoms with Crippen molar-refractivity contribution in [3.63, 3.8) is 0 Å². The Hall–Kier alpha value is -4.11. The van der Waals surface area contributed by atoms with Crippen LogP contribution in [0.15, 0.2) is 65.1 Å². The first-order valence-corrected chi connectivity index (χ1v) is 9.73. The summed E-state index contributed by atoms with van der Waals surface area (Å²) < 4.78 is 16.2. The molecule has 4 aromatic rings. The molecule has 0 spiro atoms. The van der Waals surface area contributed by atoms with Crippen molar-refractivity contribution < 1.29 is 23.6 Å². The number of rotatable bonds is 7. The summed E-state index contributed by atoms with van der Waals surface area (Å²) in [6.07, 6.45) is 0. The quantitative estimate of drug-likeness (QED) is 0.306. The minimum absolute atomic E-state index is 0.0161. The van der Waals surface area contributed by atoms with Gasteiger partial charge in [0.05, 0.1) is 17.1 Å². The molecule has 3 aromatic carbocycles. The number of oxazole rings is 1. The van der Waals surface area contributed by atoms with E-state index in [9.17, 15) is 14.9 Å². The maximum absolute atomic E-state index is 12.3. The number of fused-ring (bicyclic) bond motifs is 1. The number of nitro groups is 1. The second-order valence-corrected chi connectivity index (χ2v) is 7.02. The highest BCUT2D eigenvalue weighted by molar-refractivity contribution is 6.32. The zero-order valence-corrected chi connectivity index (χ0v) is 17.5. The van der Waals surface area contributed by atoms with E-state index in [-0.39, 0.29) is 11.4 Å². The smallest absolute Gasteiger partial charge is 0.310 e. The zero-order valence-electron chi connectivity index (χ0n) is 16.7. The van der Waals surface area contributed by atoms with Crippen LogP contribution in [0.5, 0.6) is 11.5 Å². The molecule has 0 aliphatic rings. The van der Waals surface area contributed by atoms with Gasteiger partial charge in [-0.2, -0.15) is 0 Å². The molecule has 0 aliphatic heterocycles. The van der Waals surface area contributed by atoms with Crippen LogP contribution in [-0.4, -0.2) is 29.5 Å². The van der Waals surface area contributed by atoms with Crippen LogP contribution in [0.25, 0.3) is 22.6 Å². The molecule has 32 heavy (non-hydrogen) atoms. The van der Waals surface area contributed by atoms with Crippen LogP contribution in [-0.2, 0) is 4.79 Å². The largest absolute Gasteiger partial charge is 0.495 e. The van der Waals surface area contributed by atoms with Crippen LogP contribution >= 0.6 is 11.6 Å². The Morgan fingerprint density at radius 3 is 2.72 bits per heavy atom. The third-order valence-corrected chi connectivity index (χ3v) is 4.79. The molecule has 9 nitrogen and oxygen atoms in total. The molecule has 0 radical (unpaired) electrons. The molecule has 0 atom stereocenters. The number of hydrogen-bond donors (Lipinski definition) is 1. The van der Waals surface area contributed by atoms with Gasteiger partial charge in [-0.15, -0.1) is 0 Å². The second-order valence-electron chi connectivity index (χ2n) is 6.61. The van der Waals surface area contributed by atoms with Gasteiger partial charge in [-0.1, -0.05) is 23.7 Å². The van der Waals surface area contributed by atoms with E-state index in [0.717, 1.165) is 0 Å². The number of nitrogens with zero attached hydrogens (tertiary/aromatic N) is 2. The highest BCUT2D eigenvalue weighted by Crippen LogP contribution is 2.32. The van der Waals surface area contributed by atoms with E-state index in [1.807, 2.05) is 0 Å². The molecular formula is C22H16ClN3O6. The van der Waals surface area contributed by atoms with Gasteiger partial charge in [0.15, 0.2) is 17.9 Å². The SMILES string of the molecule is COc1ccc(-c2nc3cc(NC(=O)COc4ccccc4[N+](=O)[O-])ccc3o2)cc1Cl. The lowest BCUT2D eigenvalue weighted by Gasteiger charge is -2.07. The van der Waals surface area contributed by atoms with Crippen LogP contribution in [0.2, 0.25) is 5.02 Å². The Kier molecular flexibility index (Phi) is 5.91. The molecule has 0 unspecified atom stereocenters. The summed E-state index contributed by atoms with van der Waals surface area (Å²) in [5.74, 6) is 0.447. The van der Waals surface area contributed by atoms with E-state index in [0.29, 0.717) is 39.0 Å². The summed E-state index contributed by atoms with van der Waals surface area (Å²) in [5.41, 5.74) is 2.00. The van der Waals surface area contributed by atoms with Gasteiger partial charge in [0.25, 0.3) is 5.91 Å². The lowest BCUT2D eigenvalue weighted by Crippen LogP contribution is -2.20. The molecule has 0 aliphatic carbocycles. The molecule has 10 heteroatoms. The summed E-state index contributed by atoms with van der Waals surface area (Å²) >= 11 is 6.17. The first kappa shape index (κ1) is 21.1. The van der Waals surface area contributed by atoms with Crippen LogP contribution in [0.3, 0.4) is 0 Å². The minimum atomic E-state index is -0.570. The Balaban J connectivity index is 1.47. The van der Waals surface area contributed by atoms with Crippen LogP contribution < -0.4 is 14.8 Å². The molecule has 1 N–H and O–H groups in total. The number of nitro benzene ring substituents is 1. The van der Waals surface area contributed by atoms with E-state index in [4.69, 9.17) is 25.5 Å². The molecule has 0 bridgehead atoms. The van der Waals surface area contributed by atoms with E-state index in [1.165, 1.54) is 25.3 Å². The number of anilines is 1. The predicted octanol–water partition coefficient (Wildman–Crippen LogP) is 5.08. The van der Waals surface area contributed by atoms with Crippen molar-refractivity contribution in [1.29, 1.82) is 0 Å². The topological polar surface area (TPSA) is 117 Å². The second kappa shape index (κ2) is 8.94. The lowest BCUT2D eigenvalue weighted by molar-refractivity contribution is -0.385. The fourth-order valence-electron chi connectivity index (χ4n) is 3.00. The lowest BCUT2D eigenvalue weighted by atomic mass is 10.2. The number of nitrogens with one attached hydrogen (secondary N) is 1. The molecule has 4 rings (SSSR count). The Labute approximate surface area is 186 Å². The Bertz CT molecular complexity index is 1320. The summed E-state index contributed by atoms with van der Waals surface area (Å²) in [5, 5.41) is 14.1. The van der Waals surface area contributed by atoms with Crippen molar-refractivity contribution >= 4 is 40.0 Å². The number of para-hydroxylation sites is 2. The van der Waals surface area contributed by atoms with Crippen molar-refractivity contribution in [3.8, 4) is 23.0 Å². The number of hydrogen-bond acceptors (Lipinski definition) is 7. The van der Waals surface area contributed by atoms with E-state index >= 15 is 0 Å². The number of methoxy groups -OCH3 is 1. The molecule has 162 valence electrons. The molecule has 1 heterocycles. The van der Waals surface area contributed by atoms with Crippen molar-refractivity contribution in [2.75, 3.05) is 19.0 Å². The summed E-state index contributed by atoms with van der Waals surface area (Å²) in [6.45, 7) is -0.392. The van der Waals surface area contributed by atoms with Gasteiger partial charge in [0.2, 0.25) is 5.89 Å². The highest BCUT2D eigenvalue weighted by Gasteiger charge is 2.16. The summed E-state index contributed by atoms with van der Waals surface area (Å²) in [4.78, 5) is 27.2. The zero-order chi connectivity index (χ0) is 22.7. The Morgan fingerprint density at radius 1 is 1.16 bits per heavy atom. The fourth-order valence-corrected chi connectivity index (χ4v) is 3.26. The van der Waals surface area contributed by atoms with Gasteiger partial charge in [-0.3, -0.25) is 14.9 Å². The van der Waals surface area contributed by atoms with E-state index in [1.54, 1.807) is 42.5 Å². The summed E-state index contributed by atoms with van der Waals surface area (Å²) in [7, 11) is 1.53. The van der Waals surface area contributed by atoms with Gasteiger partial charge in [0.1, 0.15) is 11.3 Å². The van der Waals surface area contributed by atoms with Gasteiger partial charge in [-0.25, -0.2) is 4.98 Å². The molecule has 0 fully saturated rings. The average Bonchev–Trinajstić information content (AvgIpc) is 3.21. The highest BCUT2D eigenvalue weighted by atomic mass is 35.5. The van der Waals surface area contributed by atoms with Crippen LogP contribution in [0.4, 0.5) is 11.4 Å². The third kappa shape index (κ3) is 4.47. The maximum atomic E-state index is 12.3. The average molecular weight is 454 g/mol. The Morgan fingerprint density at radius 2 is 1.97 bits per heavy atom. The first-order chi connectivity index (χ1) is 15.4. The monoisotopic (exact) mass is 453 g/mol. The van der Waals surface area contributed by atoms with Crippen LogP contribution in [0, 0.1) is 10.1 Å². The van der Waals surface area contributed by atoms with Crippen molar-refractivity contribution in [3.05, 3.63) is 75.8 Å². The minimum Gasteiger partial charge on any atom is -0.495 e. The number of benzene rings is 3. The predicted molar refractivity (Wildman–Crippen MR) is 118 cm³/mol. The fraction of sp³-hybridized carbons (Fsp3) is 0.0909. The van der Waals surface area contributed by atoms with Gasteiger partial charge in [-0.05, 0) is 42.5 Å². The van der Waals surface area contributed by atoms with Gasteiger partial charge < -0.3 is 19.2 Å². The van der Waals surface area contributed by atoms with Crippen molar-refractivity contribution in [2.24, 2.45) is 0 Å². The first-order valence-electron chi connectivity index (χ1n) is 9.35. The van der Waals surface area contributed by atoms with E-state index < -0.39 is 17.4 Å². The van der Waals surface area contributed by atoms with Crippen molar-refractivity contribution in [2.45, 2.75) is 0 Å². The van der Waals surface area contributed by atoms with Crippen molar-refractivity contribution in [1.82, 2.24) is 4.98 Å². The number of amides is 1. The van der Waals surface area contributed by atoms with Gasteiger partial charge >= 0.3 is 5.69 Å².